The second-order valence-corrected chi connectivity index (χ2v) is 3.06. The monoisotopic (exact) mass is 193 g/mol. The van der Waals surface area contributed by atoms with Gasteiger partial charge in [-0.15, -0.1) is 0 Å². The van der Waals surface area contributed by atoms with Crippen molar-refractivity contribution in [3.8, 4) is 0 Å². The highest BCUT2D eigenvalue weighted by molar-refractivity contribution is 5.89. The number of cyclic esters (lactones) is 1. The lowest BCUT2D eigenvalue weighted by atomic mass is 10.3. The average Bonchev–Trinajstić information content (AvgIpc) is 2.61. The molecule has 5 nitrogen and oxygen atoms in total. The van der Waals surface area contributed by atoms with Crippen molar-refractivity contribution >= 4 is 11.8 Å². The highest BCUT2D eigenvalue weighted by Gasteiger charge is 2.31. The van der Waals surface area contributed by atoms with Crippen LogP contribution in [0.25, 0.3) is 0 Å². The molecule has 14 heavy (non-hydrogen) atoms. The third kappa shape index (κ3) is 1.54. The van der Waals surface area contributed by atoms with Crippen LogP contribution in [0.4, 0.5) is 10.5 Å². The summed E-state index contributed by atoms with van der Waals surface area (Å²) in [6, 6.07) is 3.59. The summed E-state index contributed by atoms with van der Waals surface area (Å²) in [4.78, 5) is 16.8. The first-order valence-corrected chi connectivity index (χ1v) is 4.39. The molecule has 1 aromatic rings. The van der Waals surface area contributed by atoms with Gasteiger partial charge in [-0.3, -0.25) is 9.88 Å². The van der Waals surface area contributed by atoms with Crippen LogP contribution < -0.4 is 10.6 Å². The van der Waals surface area contributed by atoms with Gasteiger partial charge in [0.2, 0.25) is 0 Å². The van der Waals surface area contributed by atoms with Crippen molar-refractivity contribution in [2.45, 2.75) is 6.10 Å². The topological polar surface area (TPSA) is 68.5 Å². The van der Waals surface area contributed by atoms with Crippen LogP contribution in [0.2, 0.25) is 0 Å². The summed E-state index contributed by atoms with van der Waals surface area (Å²) in [7, 11) is 0. The summed E-state index contributed by atoms with van der Waals surface area (Å²) in [6.07, 6.45) is 2.72. The molecule has 74 valence electrons. The van der Waals surface area contributed by atoms with E-state index in [2.05, 4.69) is 4.98 Å². The molecule has 0 bridgehead atoms. The molecule has 0 saturated carbocycles. The summed E-state index contributed by atoms with van der Waals surface area (Å²) in [5, 5.41) is 0. The lowest BCUT2D eigenvalue weighted by Crippen LogP contribution is -2.27. The van der Waals surface area contributed by atoms with Gasteiger partial charge in [-0.1, -0.05) is 0 Å². The first kappa shape index (κ1) is 8.96. The maximum atomic E-state index is 11.4. The van der Waals surface area contributed by atoms with Crippen LogP contribution in [-0.2, 0) is 4.74 Å². The Hall–Kier alpha value is -1.62. The van der Waals surface area contributed by atoms with E-state index >= 15 is 0 Å². The maximum absolute atomic E-state index is 11.4. The Balaban J connectivity index is 2.17. The van der Waals surface area contributed by atoms with Crippen molar-refractivity contribution in [2.24, 2.45) is 5.73 Å². The minimum absolute atomic E-state index is 0.206. The van der Waals surface area contributed by atoms with Crippen LogP contribution >= 0.6 is 0 Å². The van der Waals surface area contributed by atoms with Gasteiger partial charge in [0.25, 0.3) is 0 Å². The van der Waals surface area contributed by atoms with Gasteiger partial charge in [-0.25, -0.2) is 4.79 Å². The molecule has 2 N–H and O–H groups in total. The van der Waals surface area contributed by atoms with Gasteiger partial charge in [-0.2, -0.15) is 0 Å². The third-order valence-corrected chi connectivity index (χ3v) is 2.09. The SMILES string of the molecule is NCC1CN(c2cccnc2)C(=O)O1. The number of carbonyl (C=O) groups is 1. The standard InChI is InChI=1S/C9H11N3O2/c10-4-8-6-12(9(13)14-8)7-2-1-3-11-5-7/h1-3,5,8H,4,6,10H2. The van der Waals surface area contributed by atoms with Gasteiger partial charge < -0.3 is 10.5 Å². The summed E-state index contributed by atoms with van der Waals surface area (Å²) >= 11 is 0. The average molecular weight is 193 g/mol. The number of aromatic nitrogens is 1. The molecule has 1 fully saturated rings. The van der Waals surface area contributed by atoms with Crippen molar-refractivity contribution in [1.82, 2.24) is 4.98 Å². The molecule has 1 atom stereocenters. The van der Waals surface area contributed by atoms with Gasteiger partial charge in [0.05, 0.1) is 18.4 Å². The van der Waals surface area contributed by atoms with E-state index < -0.39 is 0 Å². The molecule has 1 aromatic heterocycles. The normalized spacial score (nSPS) is 21.1. The Morgan fingerprint density at radius 3 is 3.14 bits per heavy atom. The minimum atomic E-state index is -0.353. The number of nitrogens with two attached hydrogens (primary N) is 1. The molecule has 1 amide bonds. The van der Waals surface area contributed by atoms with E-state index in [9.17, 15) is 4.79 Å². The molecule has 0 aromatic carbocycles. The fraction of sp³-hybridized carbons (Fsp3) is 0.333. The largest absolute Gasteiger partial charge is 0.443 e. The highest BCUT2D eigenvalue weighted by atomic mass is 16.6. The van der Waals surface area contributed by atoms with Crippen molar-refractivity contribution in [3.63, 3.8) is 0 Å². The Morgan fingerprint density at radius 1 is 1.71 bits per heavy atom. The molecule has 1 saturated heterocycles. The summed E-state index contributed by atoms with van der Waals surface area (Å²) in [5.41, 5.74) is 6.16. The van der Waals surface area contributed by atoms with E-state index in [1.54, 1.807) is 18.5 Å². The minimum Gasteiger partial charge on any atom is -0.443 e. The zero-order chi connectivity index (χ0) is 9.97. The van der Waals surface area contributed by atoms with Crippen molar-refractivity contribution in [3.05, 3.63) is 24.5 Å². The summed E-state index contributed by atoms with van der Waals surface area (Å²) in [6.45, 7) is 0.851. The lowest BCUT2D eigenvalue weighted by molar-refractivity contribution is 0.145. The van der Waals surface area contributed by atoms with Gasteiger partial charge in [0.1, 0.15) is 6.10 Å². The van der Waals surface area contributed by atoms with E-state index in [4.69, 9.17) is 10.5 Å². The van der Waals surface area contributed by atoms with E-state index in [0.717, 1.165) is 5.69 Å². The highest BCUT2D eigenvalue weighted by Crippen LogP contribution is 2.19. The number of hydrogen-bond acceptors (Lipinski definition) is 4. The van der Waals surface area contributed by atoms with E-state index in [1.165, 1.54) is 4.90 Å². The molecule has 0 aliphatic carbocycles. The van der Waals surface area contributed by atoms with Crippen molar-refractivity contribution in [2.75, 3.05) is 18.0 Å². The molecule has 0 spiro atoms. The second kappa shape index (κ2) is 3.63. The van der Waals surface area contributed by atoms with Crippen LogP contribution in [-0.4, -0.2) is 30.3 Å². The number of anilines is 1. The molecule has 2 rings (SSSR count). The number of rotatable bonds is 2. The Labute approximate surface area is 81.5 Å². The second-order valence-electron chi connectivity index (χ2n) is 3.06. The zero-order valence-corrected chi connectivity index (χ0v) is 7.59. The summed E-state index contributed by atoms with van der Waals surface area (Å²) < 4.78 is 5.01. The predicted octanol–water partition coefficient (Wildman–Crippen LogP) is 0.365. The Morgan fingerprint density at radius 2 is 2.57 bits per heavy atom. The molecule has 1 aliphatic heterocycles. The van der Waals surface area contributed by atoms with Crippen LogP contribution in [0.5, 0.6) is 0 Å². The number of pyridine rings is 1. The third-order valence-electron chi connectivity index (χ3n) is 2.09. The Kier molecular flexibility index (Phi) is 2.32. The van der Waals surface area contributed by atoms with E-state index in [0.29, 0.717) is 13.1 Å². The number of nitrogens with zero attached hydrogens (tertiary/aromatic N) is 2. The van der Waals surface area contributed by atoms with Gasteiger partial charge in [0.15, 0.2) is 0 Å². The van der Waals surface area contributed by atoms with Gasteiger partial charge in [-0.05, 0) is 12.1 Å². The van der Waals surface area contributed by atoms with Gasteiger partial charge >= 0.3 is 6.09 Å². The fourth-order valence-corrected chi connectivity index (χ4v) is 1.37. The molecule has 0 radical (unpaired) electrons. The molecule has 1 unspecified atom stereocenters. The predicted molar refractivity (Wildman–Crippen MR) is 50.9 cm³/mol. The van der Waals surface area contributed by atoms with Crippen molar-refractivity contribution in [1.29, 1.82) is 0 Å². The molecule has 1 aliphatic rings. The molecular weight excluding hydrogens is 182 g/mol. The lowest BCUT2D eigenvalue weighted by Gasteiger charge is -2.11. The smallest absolute Gasteiger partial charge is 0.414 e. The molecular formula is C9H11N3O2. The van der Waals surface area contributed by atoms with E-state index in [-0.39, 0.29) is 12.2 Å². The number of ether oxygens (including phenoxy) is 1. The zero-order valence-electron chi connectivity index (χ0n) is 7.59. The van der Waals surface area contributed by atoms with Crippen molar-refractivity contribution < 1.29 is 9.53 Å². The number of amides is 1. The summed E-state index contributed by atoms with van der Waals surface area (Å²) in [5.74, 6) is 0. The number of hydrogen-bond donors (Lipinski definition) is 1. The quantitative estimate of drug-likeness (QED) is 0.736. The first-order chi connectivity index (χ1) is 6.81. The first-order valence-electron chi connectivity index (χ1n) is 4.39. The van der Waals surface area contributed by atoms with Gasteiger partial charge in [0, 0.05) is 12.7 Å². The van der Waals surface area contributed by atoms with Crippen LogP contribution in [0.3, 0.4) is 0 Å². The maximum Gasteiger partial charge on any atom is 0.414 e. The van der Waals surface area contributed by atoms with Crippen LogP contribution in [0, 0.1) is 0 Å². The Bertz CT molecular complexity index is 328. The molecule has 2 heterocycles. The number of carbonyl (C=O) groups excluding carboxylic acids is 1. The fourth-order valence-electron chi connectivity index (χ4n) is 1.37. The van der Waals surface area contributed by atoms with E-state index in [1.807, 2.05) is 6.07 Å². The van der Waals surface area contributed by atoms with Crippen LogP contribution in [0.15, 0.2) is 24.5 Å². The van der Waals surface area contributed by atoms with Crippen LogP contribution in [0.1, 0.15) is 0 Å². The molecule has 5 heteroatoms.